The molecule has 0 amide bonds. The van der Waals surface area contributed by atoms with Gasteiger partial charge in [-0.15, -0.1) is 0 Å². The summed E-state index contributed by atoms with van der Waals surface area (Å²) in [6, 6.07) is 9.22. The van der Waals surface area contributed by atoms with Crippen LogP contribution in [0, 0.1) is 5.92 Å². The number of nitrogens with two attached hydrogens (primary N) is 1. The lowest BCUT2D eigenvalue weighted by Crippen LogP contribution is -2.55. The van der Waals surface area contributed by atoms with Gasteiger partial charge in [-0.05, 0) is 67.1 Å². The largest absolute Gasteiger partial charge is 0.463 e. The Morgan fingerprint density at radius 3 is 2.17 bits per heavy atom. The number of rotatable bonds is 9. The first-order valence-electron chi connectivity index (χ1n) is 10.8. The van der Waals surface area contributed by atoms with Crippen molar-refractivity contribution in [3.05, 3.63) is 59.2 Å². The van der Waals surface area contributed by atoms with Gasteiger partial charge in [-0.3, -0.25) is 0 Å². The molecule has 0 fully saturated rings. The van der Waals surface area contributed by atoms with Crippen LogP contribution >= 0.6 is 0 Å². The van der Waals surface area contributed by atoms with E-state index in [2.05, 4.69) is 9.47 Å². The molecule has 0 spiro atoms. The van der Waals surface area contributed by atoms with Crippen LogP contribution in [-0.2, 0) is 31.7 Å². The molecule has 1 aliphatic rings. The van der Waals surface area contributed by atoms with Crippen LogP contribution in [0.4, 0.5) is 13.2 Å². The average molecular weight is 497 g/mol. The fraction of sp³-hybridized carbons (Fsp3) is 0.417. The number of ether oxygens (including phenoxy) is 4. The smallest absolute Gasteiger partial charge is 0.453 e. The summed E-state index contributed by atoms with van der Waals surface area (Å²) < 4.78 is 58.7. The van der Waals surface area contributed by atoms with E-state index in [4.69, 9.17) is 15.2 Å². The van der Waals surface area contributed by atoms with Gasteiger partial charge in [-0.1, -0.05) is 18.2 Å². The molecule has 0 aliphatic carbocycles. The van der Waals surface area contributed by atoms with Crippen molar-refractivity contribution in [2.24, 2.45) is 11.7 Å². The maximum atomic E-state index is 12.8. The van der Waals surface area contributed by atoms with Gasteiger partial charge in [0.25, 0.3) is 0 Å². The summed E-state index contributed by atoms with van der Waals surface area (Å²) in [5.41, 5.74) is 6.06. The number of carbonyl (C=O) groups excluding carboxylic acids is 2. The van der Waals surface area contributed by atoms with Crippen molar-refractivity contribution in [1.82, 2.24) is 0 Å². The van der Waals surface area contributed by atoms with Gasteiger partial charge < -0.3 is 29.8 Å². The van der Waals surface area contributed by atoms with E-state index in [1.165, 1.54) is 18.2 Å². The van der Waals surface area contributed by atoms with E-state index in [9.17, 15) is 27.9 Å². The zero-order chi connectivity index (χ0) is 25.8. The highest BCUT2D eigenvalue weighted by Crippen LogP contribution is 2.42. The maximum Gasteiger partial charge on any atom is 0.453 e. The summed E-state index contributed by atoms with van der Waals surface area (Å²) in [5, 5.41) is 10.6. The number of aliphatic hydroxyl groups is 1. The van der Waals surface area contributed by atoms with Crippen molar-refractivity contribution in [2.45, 2.75) is 37.3 Å². The molecule has 0 bridgehead atoms. The highest BCUT2D eigenvalue weighted by Gasteiger charge is 2.59. The van der Waals surface area contributed by atoms with Gasteiger partial charge in [-0.2, -0.15) is 13.2 Å². The Bertz CT molecular complexity index is 1040. The molecular formula is C24H26F3NO7. The van der Waals surface area contributed by atoms with Gasteiger partial charge in [0.1, 0.15) is 0 Å². The monoisotopic (exact) mass is 497 g/mol. The standard InChI is InChI=1S/C24H26F3NO7/c1-32-21(30)23(22(31)33-2)34-19-8-3-14(13-20(19)35-23)11-15(9-10-28)12-18(29)16-4-6-17(7-5-16)24(25,26)27/h3-8,13,15,18,29H,9-12,28H2,1-2H3. The summed E-state index contributed by atoms with van der Waals surface area (Å²) >= 11 is 0. The number of fused-ring (bicyclic) bond motifs is 1. The molecule has 2 aromatic rings. The van der Waals surface area contributed by atoms with Crippen LogP contribution in [0.15, 0.2) is 42.5 Å². The van der Waals surface area contributed by atoms with Crippen molar-refractivity contribution in [3.8, 4) is 11.5 Å². The molecule has 3 N–H and O–H groups in total. The predicted octanol–water partition coefficient (Wildman–Crippen LogP) is 3.15. The van der Waals surface area contributed by atoms with Crippen LogP contribution in [0.25, 0.3) is 0 Å². The fourth-order valence-electron chi connectivity index (χ4n) is 3.91. The van der Waals surface area contributed by atoms with E-state index in [1.54, 1.807) is 12.1 Å². The van der Waals surface area contributed by atoms with E-state index in [0.29, 0.717) is 24.9 Å². The predicted molar refractivity (Wildman–Crippen MR) is 116 cm³/mol. The Morgan fingerprint density at radius 1 is 1.03 bits per heavy atom. The average Bonchev–Trinajstić information content (AvgIpc) is 3.22. The lowest BCUT2D eigenvalue weighted by Gasteiger charge is -2.21. The third-order valence-electron chi connectivity index (χ3n) is 5.70. The topological polar surface area (TPSA) is 117 Å². The zero-order valence-electron chi connectivity index (χ0n) is 19.1. The van der Waals surface area contributed by atoms with E-state index in [-0.39, 0.29) is 23.8 Å². The van der Waals surface area contributed by atoms with Gasteiger partial charge >= 0.3 is 23.9 Å². The first kappa shape index (κ1) is 26.3. The first-order chi connectivity index (χ1) is 16.5. The third kappa shape index (κ3) is 5.68. The Kier molecular flexibility index (Phi) is 7.91. The highest BCUT2D eigenvalue weighted by molar-refractivity contribution is 6.03. The second-order valence-corrected chi connectivity index (χ2v) is 8.10. The number of esters is 2. The fourth-order valence-corrected chi connectivity index (χ4v) is 3.91. The Hall–Kier alpha value is -3.31. The maximum absolute atomic E-state index is 12.8. The van der Waals surface area contributed by atoms with Crippen LogP contribution in [0.5, 0.6) is 11.5 Å². The molecule has 2 atom stereocenters. The molecule has 0 saturated carbocycles. The summed E-state index contributed by atoms with van der Waals surface area (Å²) in [5.74, 6) is -4.41. The molecule has 0 saturated heterocycles. The number of halogens is 3. The van der Waals surface area contributed by atoms with E-state index < -0.39 is 35.6 Å². The number of hydrogen-bond donors (Lipinski definition) is 2. The van der Waals surface area contributed by atoms with Crippen LogP contribution in [-0.4, -0.2) is 43.6 Å². The van der Waals surface area contributed by atoms with E-state index in [0.717, 1.165) is 31.9 Å². The normalized spacial score (nSPS) is 15.9. The van der Waals surface area contributed by atoms with Gasteiger partial charge in [0, 0.05) is 0 Å². The molecule has 1 aliphatic heterocycles. The molecule has 3 rings (SSSR count). The number of hydrogen-bond acceptors (Lipinski definition) is 8. The number of benzene rings is 2. The lowest BCUT2D eigenvalue weighted by atomic mass is 9.88. The second-order valence-electron chi connectivity index (χ2n) is 8.10. The molecule has 11 heteroatoms. The molecule has 0 radical (unpaired) electrons. The first-order valence-corrected chi connectivity index (χ1v) is 10.8. The van der Waals surface area contributed by atoms with Crippen molar-refractivity contribution in [3.63, 3.8) is 0 Å². The van der Waals surface area contributed by atoms with Gasteiger partial charge in [-0.25, -0.2) is 9.59 Å². The number of carbonyl (C=O) groups is 2. The molecular weight excluding hydrogens is 471 g/mol. The molecule has 35 heavy (non-hydrogen) atoms. The van der Waals surface area contributed by atoms with Crippen LogP contribution < -0.4 is 15.2 Å². The molecule has 2 unspecified atom stereocenters. The minimum absolute atomic E-state index is 0.122. The molecule has 0 aromatic heterocycles. The number of alkyl halides is 3. The molecule has 8 nitrogen and oxygen atoms in total. The van der Waals surface area contributed by atoms with Gasteiger partial charge in [0.05, 0.1) is 25.9 Å². The van der Waals surface area contributed by atoms with Crippen LogP contribution in [0.2, 0.25) is 0 Å². The van der Waals surface area contributed by atoms with E-state index >= 15 is 0 Å². The summed E-state index contributed by atoms with van der Waals surface area (Å²) in [7, 11) is 2.15. The quantitative estimate of drug-likeness (QED) is 0.401. The summed E-state index contributed by atoms with van der Waals surface area (Å²) in [4.78, 5) is 24.4. The Labute approximate surface area is 199 Å². The van der Waals surface area contributed by atoms with Gasteiger partial charge in [0.2, 0.25) is 0 Å². The lowest BCUT2D eigenvalue weighted by molar-refractivity contribution is -0.199. The number of aliphatic hydroxyl groups excluding tert-OH is 1. The van der Waals surface area contributed by atoms with Crippen molar-refractivity contribution in [2.75, 3.05) is 20.8 Å². The zero-order valence-corrected chi connectivity index (χ0v) is 19.1. The van der Waals surface area contributed by atoms with Crippen molar-refractivity contribution >= 4 is 11.9 Å². The molecule has 1 heterocycles. The summed E-state index contributed by atoms with van der Waals surface area (Å²) in [6.07, 6.45) is -4.21. The minimum atomic E-state index is -4.45. The Balaban J connectivity index is 1.74. The van der Waals surface area contributed by atoms with Crippen molar-refractivity contribution in [1.29, 1.82) is 0 Å². The SMILES string of the molecule is COC(=O)C1(C(=O)OC)Oc2ccc(CC(CCN)CC(O)c3ccc(C(F)(F)F)cc3)cc2O1. The third-order valence-corrected chi connectivity index (χ3v) is 5.70. The van der Waals surface area contributed by atoms with Crippen LogP contribution in [0.3, 0.4) is 0 Å². The minimum Gasteiger partial charge on any atom is -0.463 e. The summed E-state index contributed by atoms with van der Waals surface area (Å²) in [6.45, 7) is 0.336. The second kappa shape index (κ2) is 10.5. The Morgan fingerprint density at radius 2 is 1.63 bits per heavy atom. The number of methoxy groups -OCH3 is 2. The van der Waals surface area contributed by atoms with Crippen LogP contribution in [0.1, 0.15) is 35.6 Å². The van der Waals surface area contributed by atoms with Crippen molar-refractivity contribution < 1.29 is 46.8 Å². The molecule has 190 valence electrons. The van der Waals surface area contributed by atoms with E-state index in [1.807, 2.05) is 0 Å². The van der Waals surface area contributed by atoms with Gasteiger partial charge in [0.15, 0.2) is 11.5 Å². The molecule has 2 aromatic carbocycles. The highest BCUT2D eigenvalue weighted by atomic mass is 19.4.